The Labute approximate surface area is 377 Å². The van der Waals surface area contributed by atoms with Crippen molar-refractivity contribution in [1.82, 2.24) is 34.8 Å². The smallest absolute Gasteiger partial charge is 0.410 e. The van der Waals surface area contributed by atoms with Crippen LogP contribution in [0, 0.1) is 0 Å². The second kappa shape index (κ2) is 22.8. The van der Waals surface area contributed by atoms with Gasteiger partial charge in [0.15, 0.2) is 0 Å². The molecule has 3 aromatic rings. The topological polar surface area (TPSA) is 180 Å². The summed E-state index contributed by atoms with van der Waals surface area (Å²) < 4.78 is 22.3. The van der Waals surface area contributed by atoms with Gasteiger partial charge in [0.05, 0.1) is 24.2 Å². The second-order valence-electron chi connectivity index (χ2n) is 18.8. The SMILES string of the molecule is CCOC(=O)CN(CCNC(=O)CN1CCN(C(=O)OC(C)(C)C)CCN(C(=O)OC(C)(C)C)CCN(C(=O)OC(C)(C)C)CC1)C(=O)CCc1c2ccccc2nc2ccccc12. The van der Waals surface area contributed by atoms with Gasteiger partial charge in [-0.25, -0.2) is 19.4 Å². The Morgan fingerprint density at radius 1 is 0.641 bits per heavy atom. The number of hydrogen-bond acceptors (Lipinski definition) is 12. The molecule has 64 heavy (non-hydrogen) atoms. The summed E-state index contributed by atoms with van der Waals surface area (Å²) in [6.07, 6.45) is -1.23. The predicted octanol–water partition coefficient (Wildman–Crippen LogP) is 5.86. The molecular weight excluding hydrogens is 823 g/mol. The summed E-state index contributed by atoms with van der Waals surface area (Å²) in [6, 6.07) is 15.6. The number of amides is 5. The van der Waals surface area contributed by atoms with Crippen molar-refractivity contribution in [2.75, 3.05) is 85.1 Å². The second-order valence-corrected chi connectivity index (χ2v) is 18.8. The third kappa shape index (κ3) is 16.8. The molecule has 1 aliphatic rings. The summed E-state index contributed by atoms with van der Waals surface area (Å²) in [5.74, 6) is -1.20. The Morgan fingerprint density at radius 3 is 1.48 bits per heavy atom. The van der Waals surface area contributed by atoms with Gasteiger partial charge in [-0.1, -0.05) is 36.4 Å². The van der Waals surface area contributed by atoms with Crippen molar-refractivity contribution in [3.63, 3.8) is 0 Å². The number of ether oxygens (including phenoxy) is 4. The molecule has 2 aromatic carbocycles. The standard InChI is InChI=1S/C47H69N7O10/c1-11-61-41(57)33-54(40(56)21-20-34-35-16-12-14-18-37(35)49-38-19-15-13-17-36(34)38)23-22-48-39(55)32-50-24-26-51(42(58)62-45(2,3)4)28-30-53(44(60)64-47(8,9)10)31-29-52(27-25-50)43(59)63-46(5,6)7/h12-19H,11,20-33H2,1-10H3,(H,48,55). The van der Waals surface area contributed by atoms with Gasteiger partial charge in [-0.2, -0.15) is 0 Å². The van der Waals surface area contributed by atoms with Crippen LogP contribution in [0.4, 0.5) is 14.4 Å². The Bertz CT molecular complexity index is 1990. The molecule has 5 amide bonds. The average Bonchev–Trinajstić information content (AvgIpc) is 3.18. The van der Waals surface area contributed by atoms with Crippen LogP contribution in [0.15, 0.2) is 48.5 Å². The van der Waals surface area contributed by atoms with Gasteiger partial charge in [-0.05, 0) is 93.4 Å². The molecule has 0 bridgehead atoms. The molecule has 0 spiro atoms. The lowest BCUT2D eigenvalue weighted by Gasteiger charge is -2.35. The first-order valence-electron chi connectivity index (χ1n) is 22.1. The number of carbonyl (C=O) groups is 6. The largest absolute Gasteiger partial charge is 0.465 e. The van der Waals surface area contributed by atoms with Crippen LogP contribution < -0.4 is 5.32 Å². The monoisotopic (exact) mass is 892 g/mol. The lowest BCUT2D eigenvalue weighted by atomic mass is 9.98. The maximum atomic E-state index is 13.8. The summed E-state index contributed by atoms with van der Waals surface area (Å²) in [6.45, 7) is 18.5. The van der Waals surface area contributed by atoms with E-state index in [1.165, 1.54) is 19.6 Å². The fourth-order valence-corrected chi connectivity index (χ4v) is 6.97. The predicted molar refractivity (Wildman–Crippen MR) is 244 cm³/mol. The third-order valence-electron chi connectivity index (χ3n) is 9.94. The number of esters is 1. The van der Waals surface area contributed by atoms with Crippen molar-refractivity contribution in [3.8, 4) is 0 Å². The Kier molecular flexibility index (Phi) is 18.1. The molecule has 0 aliphatic carbocycles. The highest BCUT2D eigenvalue weighted by Gasteiger charge is 2.30. The number of nitrogens with zero attached hydrogens (tertiary/aromatic N) is 6. The number of pyridine rings is 1. The fourth-order valence-electron chi connectivity index (χ4n) is 6.97. The molecule has 1 aromatic heterocycles. The van der Waals surface area contributed by atoms with E-state index in [0.29, 0.717) is 6.42 Å². The first kappa shape index (κ1) is 50.9. The Hall–Kier alpha value is -5.71. The number of nitrogens with one attached hydrogen (secondary N) is 1. The van der Waals surface area contributed by atoms with Crippen molar-refractivity contribution in [3.05, 3.63) is 54.1 Å². The van der Waals surface area contributed by atoms with Crippen LogP contribution in [-0.4, -0.2) is 167 Å². The minimum absolute atomic E-state index is 0.0491. The van der Waals surface area contributed by atoms with E-state index < -0.39 is 41.1 Å². The van der Waals surface area contributed by atoms with Gasteiger partial charge < -0.3 is 43.9 Å². The Balaban J connectivity index is 1.49. The third-order valence-corrected chi connectivity index (χ3v) is 9.94. The minimum Gasteiger partial charge on any atom is -0.465 e. The average molecular weight is 892 g/mol. The van der Waals surface area contributed by atoms with Gasteiger partial charge >= 0.3 is 24.2 Å². The maximum Gasteiger partial charge on any atom is 0.410 e. The first-order chi connectivity index (χ1) is 30.0. The van der Waals surface area contributed by atoms with E-state index >= 15 is 0 Å². The highest BCUT2D eigenvalue weighted by atomic mass is 16.6. The molecule has 0 atom stereocenters. The van der Waals surface area contributed by atoms with Gasteiger partial charge in [-0.3, -0.25) is 19.3 Å². The van der Waals surface area contributed by atoms with Crippen LogP contribution in [-0.2, 0) is 39.8 Å². The van der Waals surface area contributed by atoms with Crippen molar-refractivity contribution in [2.45, 2.75) is 98.9 Å². The fraction of sp³-hybridized carbons (Fsp3) is 0.596. The van der Waals surface area contributed by atoms with Crippen molar-refractivity contribution < 1.29 is 47.7 Å². The zero-order valence-corrected chi connectivity index (χ0v) is 39.5. The number of rotatable bonds is 11. The minimum atomic E-state index is -0.788. The van der Waals surface area contributed by atoms with E-state index in [1.54, 1.807) is 69.2 Å². The number of fused-ring (bicyclic) bond motifs is 2. The van der Waals surface area contributed by atoms with Crippen LogP contribution in [0.25, 0.3) is 21.8 Å². The molecule has 0 saturated carbocycles. The summed E-state index contributed by atoms with van der Waals surface area (Å²) >= 11 is 0. The molecule has 1 fully saturated rings. The number of aryl methyl sites for hydroxylation is 1. The quantitative estimate of drug-likeness (QED) is 0.138. The van der Waals surface area contributed by atoms with Crippen molar-refractivity contribution in [1.29, 1.82) is 0 Å². The molecular formula is C47H69N7O10. The number of carbonyl (C=O) groups excluding carboxylic acids is 6. The molecule has 0 radical (unpaired) electrons. The zero-order chi connectivity index (χ0) is 47.2. The normalized spacial score (nSPS) is 14.9. The van der Waals surface area contributed by atoms with E-state index in [-0.39, 0.29) is 103 Å². The number of hydrogen-bond donors (Lipinski definition) is 1. The first-order valence-corrected chi connectivity index (χ1v) is 22.1. The van der Waals surface area contributed by atoms with E-state index in [2.05, 4.69) is 5.32 Å². The van der Waals surface area contributed by atoms with Gasteiger partial charge in [0.1, 0.15) is 23.3 Å². The lowest BCUT2D eigenvalue weighted by molar-refractivity contribution is -0.148. The van der Waals surface area contributed by atoms with E-state index in [1.807, 2.05) is 53.4 Å². The van der Waals surface area contributed by atoms with Gasteiger partial charge in [-0.15, -0.1) is 0 Å². The van der Waals surface area contributed by atoms with Crippen LogP contribution in [0.3, 0.4) is 0 Å². The van der Waals surface area contributed by atoms with Crippen LogP contribution in [0.5, 0.6) is 0 Å². The van der Waals surface area contributed by atoms with Gasteiger partial charge in [0.2, 0.25) is 11.8 Å². The number of aromatic nitrogens is 1. The summed E-state index contributed by atoms with van der Waals surface area (Å²) in [5, 5.41) is 4.79. The van der Waals surface area contributed by atoms with Crippen LogP contribution in [0.1, 0.15) is 81.2 Å². The molecule has 4 rings (SSSR count). The van der Waals surface area contributed by atoms with Crippen LogP contribution in [0.2, 0.25) is 0 Å². The highest BCUT2D eigenvalue weighted by molar-refractivity contribution is 5.98. The summed E-state index contributed by atoms with van der Waals surface area (Å²) in [4.78, 5) is 93.0. The molecule has 17 nitrogen and oxygen atoms in total. The Morgan fingerprint density at radius 2 is 1.06 bits per heavy atom. The molecule has 1 N–H and O–H groups in total. The summed E-state index contributed by atoms with van der Waals surface area (Å²) in [5.41, 5.74) is 0.283. The van der Waals surface area contributed by atoms with Crippen molar-refractivity contribution >= 4 is 57.9 Å². The molecule has 352 valence electrons. The number of benzene rings is 2. The van der Waals surface area contributed by atoms with Gasteiger partial charge in [0.25, 0.3) is 0 Å². The van der Waals surface area contributed by atoms with Crippen LogP contribution >= 0.6 is 0 Å². The molecule has 1 saturated heterocycles. The van der Waals surface area contributed by atoms with Gasteiger partial charge in [0, 0.05) is 82.6 Å². The van der Waals surface area contributed by atoms with E-state index in [9.17, 15) is 28.8 Å². The molecule has 1 aliphatic heterocycles. The van der Waals surface area contributed by atoms with E-state index in [0.717, 1.165) is 27.4 Å². The molecule has 0 unspecified atom stereocenters. The van der Waals surface area contributed by atoms with Crippen molar-refractivity contribution in [2.24, 2.45) is 0 Å². The maximum absolute atomic E-state index is 13.8. The zero-order valence-electron chi connectivity index (χ0n) is 39.5. The lowest BCUT2D eigenvalue weighted by Crippen LogP contribution is -2.52. The van der Waals surface area contributed by atoms with E-state index in [4.69, 9.17) is 23.9 Å². The number of para-hydroxylation sites is 2. The molecule has 2 heterocycles. The molecule has 17 heteroatoms. The summed E-state index contributed by atoms with van der Waals surface area (Å²) in [7, 11) is 0. The highest BCUT2D eigenvalue weighted by Crippen LogP contribution is 2.27.